The van der Waals surface area contributed by atoms with Gasteiger partial charge in [0, 0.05) is 6.61 Å². The highest BCUT2D eigenvalue weighted by Gasteiger charge is 2.11. The van der Waals surface area contributed by atoms with E-state index in [1.54, 1.807) is 6.07 Å². The van der Waals surface area contributed by atoms with E-state index in [0.717, 1.165) is 17.5 Å². The molecule has 1 rings (SSSR count). The number of benzene rings is 1. The molecule has 0 fully saturated rings. The predicted molar refractivity (Wildman–Crippen MR) is 67.8 cm³/mol. The van der Waals surface area contributed by atoms with Crippen molar-refractivity contribution < 1.29 is 19.3 Å². The molecule has 18 heavy (non-hydrogen) atoms. The van der Waals surface area contributed by atoms with Gasteiger partial charge in [-0.3, -0.25) is 4.89 Å². The predicted octanol–water partition coefficient (Wildman–Crippen LogP) is 2.98. The normalized spacial score (nSPS) is 10.4. The van der Waals surface area contributed by atoms with E-state index in [2.05, 4.69) is 9.78 Å². The van der Waals surface area contributed by atoms with Crippen molar-refractivity contribution in [1.82, 2.24) is 0 Å². The molecule has 0 spiro atoms. The molecule has 0 aliphatic heterocycles. The minimum atomic E-state index is -0.501. The number of aryl methyl sites for hydroxylation is 2. The van der Waals surface area contributed by atoms with Crippen molar-refractivity contribution in [2.75, 3.05) is 13.2 Å². The standard InChI is InChI=1S/C14H19O4/c1-4-7-16-8-9-17-18-14(15)13-6-5-11(2)10-12(13)3/h5-6,9-10H,4,7-8H2,1-3H3. The van der Waals surface area contributed by atoms with Crippen molar-refractivity contribution in [3.63, 3.8) is 0 Å². The number of ether oxygens (including phenoxy) is 1. The first-order valence-corrected chi connectivity index (χ1v) is 5.99. The molecular weight excluding hydrogens is 232 g/mol. The Balaban J connectivity index is 2.32. The van der Waals surface area contributed by atoms with Crippen LogP contribution in [0, 0.1) is 20.5 Å². The fourth-order valence-corrected chi connectivity index (χ4v) is 1.47. The van der Waals surface area contributed by atoms with Crippen LogP contribution in [0.15, 0.2) is 18.2 Å². The summed E-state index contributed by atoms with van der Waals surface area (Å²) >= 11 is 0. The molecule has 1 radical (unpaired) electrons. The second-order valence-corrected chi connectivity index (χ2v) is 4.03. The molecule has 99 valence electrons. The first kappa shape index (κ1) is 14.7. The molecule has 1 aromatic rings. The molecule has 0 saturated carbocycles. The van der Waals surface area contributed by atoms with E-state index >= 15 is 0 Å². The molecule has 0 amide bonds. The Kier molecular flexibility index (Phi) is 6.39. The Morgan fingerprint density at radius 3 is 2.78 bits per heavy atom. The highest BCUT2D eigenvalue weighted by molar-refractivity contribution is 5.90. The topological polar surface area (TPSA) is 44.8 Å². The zero-order chi connectivity index (χ0) is 13.4. The van der Waals surface area contributed by atoms with E-state index in [9.17, 15) is 4.79 Å². The van der Waals surface area contributed by atoms with E-state index in [-0.39, 0.29) is 0 Å². The van der Waals surface area contributed by atoms with Crippen LogP contribution in [-0.4, -0.2) is 19.2 Å². The maximum absolute atomic E-state index is 11.7. The average Bonchev–Trinajstić information content (AvgIpc) is 2.33. The zero-order valence-electron chi connectivity index (χ0n) is 11.1. The van der Waals surface area contributed by atoms with Crippen molar-refractivity contribution in [3.05, 3.63) is 41.5 Å². The summed E-state index contributed by atoms with van der Waals surface area (Å²) in [7, 11) is 0. The third-order valence-electron chi connectivity index (χ3n) is 2.33. The highest BCUT2D eigenvalue weighted by Crippen LogP contribution is 2.12. The third-order valence-corrected chi connectivity index (χ3v) is 2.33. The summed E-state index contributed by atoms with van der Waals surface area (Å²) in [6.07, 6.45) is 0.941. The van der Waals surface area contributed by atoms with E-state index in [4.69, 9.17) is 4.74 Å². The monoisotopic (exact) mass is 251 g/mol. The Labute approximate surface area is 108 Å². The molecule has 1 aromatic carbocycles. The van der Waals surface area contributed by atoms with Gasteiger partial charge < -0.3 is 4.74 Å². The summed E-state index contributed by atoms with van der Waals surface area (Å²) < 4.78 is 5.14. The molecule has 0 bridgehead atoms. The highest BCUT2D eigenvalue weighted by atomic mass is 17.2. The van der Waals surface area contributed by atoms with Crippen LogP contribution in [0.1, 0.15) is 34.8 Å². The van der Waals surface area contributed by atoms with Crippen LogP contribution in [0.4, 0.5) is 0 Å². The smallest absolute Gasteiger partial charge is 0.373 e. The van der Waals surface area contributed by atoms with Crippen molar-refractivity contribution in [1.29, 1.82) is 0 Å². The third kappa shape index (κ3) is 4.85. The molecule has 0 unspecified atom stereocenters. The number of hydrogen-bond donors (Lipinski definition) is 0. The van der Waals surface area contributed by atoms with Gasteiger partial charge in [0.2, 0.25) is 0 Å². The van der Waals surface area contributed by atoms with E-state index < -0.39 is 5.97 Å². The van der Waals surface area contributed by atoms with Gasteiger partial charge in [-0.2, -0.15) is 4.89 Å². The zero-order valence-corrected chi connectivity index (χ0v) is 11.1. The molecule has 0 N–H and O–H groups in total. The van der Waals surface area contributed by atoms with Crippen LogP contribution in [0.25, 0.3) is 0 Å². The van der Waals surface area contributed by atoms with E-state index in [1.165, 1.54) is 6.61 Å². The molecule has 4 heteroatoms. The van der Waals surface area contributed by atoms with Gasteiger partial charge in [0.25, 0.3) is 0 Å². The van der Waals surface area contributed by atoms with Gasteiger partial charge in [-0.1, -0.05) is 24.6 Å². The fourth-order valence-electron chi connectivity index (χ4n) is 1.47. The van der Waals surface area contributed by atoms with E-state index in [0.29, 0.717) is 18.8 Å². The molecule has 0 aliphatic carbocycles. The molecule has 0 aliphatic rings. The Morgan fingerprint density at radius 2 is 2.11 bits per heavy atom. The Morgan fingerprint density at radius 1 is 1.33 bits per heavy atom. The van der Waals surface area contributed by atoms with Crippen molar-refractivity contribution in [2.24, 2.45) is 0 Å². The summed E-state index contributed by atoms with van der Waals surface area (Å²) in [5, 5.41) is 0. The molecule has 0 heterocycles. The quantitative estimate of drug-likeness (QED) is 0.424. The van der Waals surface area contributed by atoms with Crippen LogP contribution in [0.2, 0.25) is 0 Å². The van der Waals surface area contributed by atoms with Crippen molar-refractivity contribution in [2.45, 2.75) is 27.2 Å². The van der Waals surface area contributed by atoms with Gasteiger partial charge >= 0.3 is 5.97 Å². The van der Waals surface area contributed by atoms with Gasteiger partial charge in [-0.15, -0.1) is 0 Å². The van der Waals surface area contributed by atoms with Gasteiger partial charge in [0.1, 0.15) is 0 Å². The summed E-state index contributed by atoms with van der Waals surface area (Å²) in [4.78, 5) is 21.0. The summed E-state index contributed by atoms with van der Waals surface area (Å²) in [5.41, 5.74) is 2.47. The maximum atomic E-state index is 11.7. The molecule has 0 aromatic heterocycles. The Bertz CT molecular complexity index is 387. The fraction of sp³-hybridized carbons (Fsp3) is 0.429. The van der Waals surface area contributed by atoms with Gasteiger partial charge in [-0.25, -0.2) is 4.79 Å². The lowest BCUT2D eigenvalue weighted by molar-refractivity contribution is -0.218. The lowest BCUT2D eigenvalue weighted by atomic mass is 10.1. The largest absolute Gasteiger partial charge is 0.378 e. The van der Waals surface area contributed by atoms with Gasteiger partial charge in [0.05, 0.1) is 12.2 Å². The summed E-state index contributed by atoms with van der Waals surface area (Å²) in [6.45, 7) is 8.12. The minimum absolute atomic E-state index is 0.300. The number of hydrogen-bond acceptors (Lipinski definition) is 4. The minimum Gasteiger partial charge on any atom is -0.378 e. The second kappa shape index (κ2) is 7.84. The van der Waals surface area contributed by atoms with Crippen LogP contribution < -0.4 is 0 Å². The number of carbonyl (C=O) groups excluding carboxylic acids is 1. The Hall–Kier alpha value is -1.39. The number of rotatable bonds is 7. The first-order valence-electron chi connectivity index (χ1n) is 5.99. The average molecular weight is 251 g/mol. The summed E-state index contributed by atoms with van der Waals surface area (Å²) in [5.74, 6) is -0.501. The molecular formula is C14H19O4. The van der Waals surface area contributed by atoms with Crippen LogP contribution in [0.3, 0.4) is 0 Å². The lowest BCUT2D eigenvalue weighted by Gasteiger charge is -2.06. The van der Waals surface area contributed by atoms with Crippen molar-refractivity contribution in [3.8, 4) is 0 Å². The lowest BCUT2D eigenvalue weighted by Crippen LogP contribution is -2.08. The van der Waals surface area contributed by atoms with Gasteiger partial charge in [0.15, 0.2) is 6.61 Å². The maximum Gasteiger partial charge on any atom is 0.373 e. The first-order chi connectivity index (χ1) is 8.65. The molecule has 0 saturated heterocycles. The number of carbonyl (C=O) groups is 1. The van der Waals surface area contributed by atoms with E-state index in [1.807, 2.05) is 32.9 Å². The van der Waals surface area contributed by atoms with Crippen LogP contribution in [-0.2, 0) is 14.5 Å². The SMILES string of the molecule is CCCOC[CH]OOC(=O)c1ccc(C)cc1C. The molecule has 0 atom stereocenters. The van der Waals surface area contributed by atoms with Crippen LogP contribution >= 0.6 is 0 Å². The van der Waals surface area contributed by atoms with Gasteiger partial charge in [-0.05, 0) is 31.9 Å². The summed E-state index contributed by atoms with van der Waals surface area (Å²) in [6, 6.07) is 5.51. The van der Waals surface area contributed by atoms with Crippen LogP contribution in [0.5, 0.6) is 0 Å². The second-order valence-electron chi connectivity index (χ2n) is 4.03. The van der Waals surface area contributed by atoms with Crippen molar-refractivity contribution >= 4 is 5.97 Å². The molecule has 4 nitrogen and oxygen atoms in total.